The highest BCUT2D eigenvalue weighted by molar-refractivity contribution is 5.93. The molecule has 0 aliphatic rings. The second kappa shape index (κ2) is 8.42. The number of aryl methyl sites for hydroxylation is 2. The van der Waals surface area contributed by atoms with Crippen LogP contribution in [0.15, 0.2) is 18.2 Å². The lowest BCUT2D eigenvalue weighted by Crippen LogP contribution is -2.35. The molecule has 1 rings (SSSR count). The summed E-state index contributed by atoms with van der Waals surface area (Å²) in [6.07, 6.45) is 0.274. The van der Waals surface area contributed by atoms with E-state index in [2.05, 4.69) is 5.32 Å². The molecule has 0 aromatic heterocycles. The fourth-order valence-corrected chi connectivity index (χ4v) is 2.15. The number of hydrogen-bond acceptors (Lipinski definition) is 3. The summed E-state index contributed by atoms with van der Waals surface area (Å²) in [6.45, 7) is 6.84. The molecule has 1 aromatic carbocycles. The van der Waals surface area contributed by atoms with Crippen molar-refractivity contribution in [1.82, 2.24) is 5.32 Å². The highest BCUT2D eigenvalue weighted by Gasteiger charge is 2.15. The van der Waals surface area contributed by atoms with Gasteiger partial charge in [-0.15, -0.1) is 0 Å². The van der Waals surface area contributed by atoms with Gasteiger partial charge in [-0.05, 0) is 25.5 Å². The summed E-state index contributed by atoms with van der Waals surface area (Å²) in [5.41, 5.74) is 3.04. The Labute approximate surface area is 126 Å². The molecule has 1 N–H and O–H groups in total. The lowest BCUT2D eigenvalue weighted by Gasteiger charge is -2.23. The number of nitrogens with one attached hydrogen (secondary N) is 1. The Morgan fingerprint density at radius 3 is 2.57 bits per heavy atom. The summed E-state index contributed by atoms with van der Waals surface area (Å²) in [4.78, 5) is 25.2. The normalized spacial score (nSPS) is 10.3. The van der Waals surface area contributed by atoms with Gasteiger partial charge in [0.05, 0.1) is 6.61 Å². The van der Waals surface area contributed by atoms with Crippen molar-refractivity contribution in [1.29, 1.82) is 0 Å². The molecule has 0 saturated heterocycles. The topological polar surface area (TPSA) is 58.6 Å². The summed E-state index contributed by atoms with van der Waals surface area (Å²) < 4.78 is 4.87. The van der Waals surface area contributed by atoms with E-state index in [0.717, 1.165) is 16.8 Å². The monoisotopic (exact) mass is 292 g/mol. The van der Waals surface area contributed by atoms with Gasteiger partial charge in [0.1, 0.15) is 0 Å². The third-order valence-electron chi connectivity index (χ3n) is 3.21. The molecule has 0 bridgehead atoms. The van der Waals surface area contributed by atoms with Gasteiger partial charge >= 0.3 is 0 Å². The van der Waals surface area contributed by atoms with E-state index in [4.69, 9.17) is 4.74 Å². The summed E-state index contributed by atoms with van der Waals surface area (Å²) in [6, 6.07) is 5.93. The predicted molar refractivity (Wildman–Crippen MR) is 83.4 cm³/mol. The number of benzene rings is 1. The molecular formula is C16H24N2O3. The fourth-order valence-electron chi connectivity index (χ4n) is 2.15. The van der Waals surface area contributed by atoms with Crippen LogP contribution in [0.5, 0.6) is 0 Å². The molecule has 0 heterocycles. The maximum Gasteiger partial charge on any atom is 0.223 e. The molecule has 5 nitrogen and oxygen atoms in total. The van der Waals surface area contributed by atoms with Gasteiger partial charge in [0.2, 0.25) is 11.8 Å². The number of carbonyl (C=O) groups is 2. The number of ether oxygens (including phenoxy) is 1. The summed E-state index contributed by atoms with van der Waals surface area (Å²) in [5, 5.41) is 2.75. The van der Waals surface area contributed by atoms with E-state index in [1.165, 1.54) is 6.92 Å². The van der Waals surface area contributed by atoms with Crippen molar-refractivity contribution in [2.45, 2.75) is 27.2 Å². The van der Waals surface area contributed by atoms with E-state index in [0.29, 0.717) is 19.7 Å². The van der Waals surface area contributed by atoms with E-state index < -0.39 is 0 Å². The third kappa shape index (κ3) is 5.55. The highest BCUT2D eigenvalue weighted by Crippen LogP contribution is 2.21. The molecule has 0 saturated carbocycles. The Hall–Kier alpha value is -1.88. The van der Waals surface area contributed by atoms with Crippen molar-refractivity contribution >= 4 is 17.5 Å². The third-order valence-corrected chi connectivity index (χ3v) is 3.21. The Bertz CT molecular complexity index is 500. The van der Waals surface area contributed by atoms with E-state index in [9.17, 15) is 9.59 Å². The Kier molecular flexibility index (Phi) is 6.88. The van der Waals surface area contributed by atoms with Crippen molar-refractivity contribution < 1.29 is 14.3 Å². The van der Waals surface area contributed by atoms with E-state index >= 15 is 0 Å². The van der Waals surface area contributed by atoms with Gasteiger partial charge in [-0.25, -0.2) is 0 Å². The van der Waals surface area contributed by atoms with Crippen LogP contribution in [0.4, 0.5) is 5.69 Å². The average Bonchev–Trinajstić information content (AvgIpc) is 2.41. The number of carbonyl (C=O) groups excluding carboxylic acids is 2. The number of methoxy groups -OCH3 is 1. The maximum atomic E-state index is 11.8. The smallest absolute Gasteiger partial charge is 0.223 e. The molecule has 0 atom stereocenters. The quantitative estimate of drug-likeness (QED) is 0.780. The fraction of sp³-hybridized carbons (Fsp3) is 0.500. The van der Waals surface area contributed by atoms with Crippen LogP contribution in [0.25, 0.3) is 0 Å². The van der Waals surface area contributed by atoms with Gasteiger partial charge in [0.25, 0.3) is 0 Å². The summed E-state index contributed by atoms with van der Waals surface area (Å²) in [7, 11) is 1.59. The molecule has 0 fully saturated rings. The second-order valence-corrected chi connectivity index (χ2v) is 5.05. The van der Waals surface area contributed by atoms with Gasteiger partial charge in [0, 0.05) is 39.2 Å². The van der Waals surface area contributed by atoms with Crippen molar-refractivity contribution in [2.24, 2.45) is 0 Å². The van der Waals surface area contributed by atoms with Crippen LogP contribution in [0.2, 0.25) is 0 Å². The molecule has 0 aliphatic heterocycles. The number of amides is 2. The van der Waals surface area contributed by atoms with Gasteiger partial charge in [-0.2, -0.15) is 0 Å². The Balaban J connectivity index is 2.66. The van der Waals surface area contributed by atoms with Crippen LogP contribution in [0.1, 0.15) is 24.5 Å². The minimum atomic E-state index is -0.0805. The predicted octanol–water partition coefficient (Wildman–Crippen LogP) is 1.81. The van der Waals surface area contributed by atoms with Crippen molar-refractivity contribution in [3.63, 3.8) is 0 Å². The van der Waals surface area contributed by atoms with Crippen LogP contribution in [0.3, 0.4) is 0 Å². The zero-order chi connectivity index (χ0) is 15.8. The molecule has 21 heavy (non-hydrogen) atoms. The maximum absolute atomic E-state index is 11.8. The van der Waals surface area contributed by atoms with E-state index in [-0.39, 0.29) is 18.2 Å². The van der Waals surface area contributed by atoms with Crippen molar-refractivity contribution in [3.8, 4) is 0 Å². The molecule has 0 radical (unpaired) electrons. The van der Waals surface area contributed by atoms with E-state index in [1.807, 2.05) is 32.0 Å². The zero-order valence-corrected chi connectivity index (χ0v) is 13.2. The Morgan fingerprint density at radius 1 is 1.29 bits per heavy atom. The summed E-state index contributed by atoms with van der Waals surface area (Å²) in [5.74, 6) is -0.144. The minimum Gasteiger partial charge on any atom is -0.383 e. The van der Waals surface area contributed by atoms with Gasteiger partial charge in [0.15, 0.2) is 0 Å². The standard InChI is InChI=1S/C16H24N2O3/c1-12-5-6-15(13(2)11-12)18(14(3)19)9-7-16(20)17-8-10-21-4/h5-6,11H,7-10H2,1-4H3,(H,17,20). The SMILES string of the molecule is COCCNC(=O)CCN(C(C)=O)c1ccc(C)cc1C. The van der Waals surface area contributed by atoms with Gasteiger partial charge in [-0.3, -0.25) is 9.59 Å². The van der Waals surface area contributed by atoms with Gasteiger partial charge in [-0.1, -0.05) is 17.7 Å². The molecule has 0 unspecified atom stereocenters. The first-order valence-electron chi connectivity index (χ1n) is 7.06. The summed E-state index contributed by atoms with van der Waals surface area (Å²) >= 11 is 0. The molecule has 5 heteroatoms. The minimum absolute atomic E-state index is 0.0633. The number of anilines is 1. The largest absolute Gasteiger partial charge is 0.383 e. The Morgan fingerprint density at radius 2 is 2.00 bits per heavy atom. The zero-order valence-electron chi connectivity index (χ0n) is 13.2. The van der Waals surface area contributed by atoms with Crippen LogP contribution < -0.4 is 10.2 Å². The molecule has 0 spiro atoms. The molecule has 2 amide bonds. The molecular weight excluding hydrogens is 268 g/mol. The number of nitrogens with zero attached hydrogens (tertiary/aromatic N) is 1. The first kappa shape index (κ1) is 17.2. The highest BCUT2D eigenvalue weighted by atomic mass is 16.5. The molecule has 116 valence electrons. The van der Waals surface area contributed by atoms with Crippen molar-refractivity contribution in [2.75, 3.05) is 31.7 Å². The van der Waals surface area contributed by atoms with Crippen LogP contribution in [0, 0.1) is 13.8 Å². The van der Waals surface area contributed by atoms with Gasteiger partial charge < -0.3 is 15.0 Å². The lowest BCUT2D eigenvalue weighted by molar-refractivity contribution is -0.121. The van der Waals surface area contributed by atoms with Crippen LogP contribution in [-0.2, 0) is 14.3 Å². The first-order valence-corrected chi connectivity index (χ1v) is 7.06. The van der Waals surface area contributed by atoms with Crippen LogP contribution >= 0.6 is 0 Å². The van der Waals surface area contributed by atoms with Crippen LogP contribution in [-0.4, -0.2) is 38.6 Å². The molecule has 1 aromatic rings. The number of hydrogen-bond donors (Lipinski definition) is 1. The second-order valence-electron chi connectivity index (χ2n) is 5.05. The molecule has 0 aliphatic carbocycles. The van der Waals surface area contributed by atoms with E-state index in [1.54, 1.807) is 12.0 Å². The number of rotatable bonds is 7. The lowest BCUT2D eigenvalue weighted by atomic mass is 10.1. The van der Waals surface area contributed by atoms with Crippen molar-refractivity contribution in [3.05, 3.63) is 29.3 Å². The average molecular weight is 292 g/mol. The first-order chi connectivity index (χ1) is 9.95.